The van der Waals surface area contributed by atoms with Crippen LogP contribution in [0.5, 0.6) is 0 Å². The van der Waals surface area contributed by atoms with E-state index >= 15 is 0 Å². The van der Waals surface area contributed by atoms with Gasteiger partial charge in [-0.1, -0.05) is 41.9 Å². The number of sulfonamides is 1. The number of hydrogen-bond acceptors (Lipinski definition) is 4. The maximum absolute atomic E-state index is 13.1. The van der Waals surface area contributed by atoms with Gasteiger partial charge >= 0.3 is 0 Å². The van der Waals surface area contributed by atoms with Crippen LogP contribution in [0.3, 0.4) is 0 Å². The van der Waals surface area contributed by atoms with Crippen molar-refractivity contribution in [2.45, 2.75) is 11.8 Å². The molecule has 31 heavy (non-hydrogen) atoms. The minimum Gasteiger partial charge on any atom is -0.337 e. The molecular formula is C22H23ClN4O3S. The lowest BCUT2D eigenvalue weighted by Gasteiger charge is -2.33. The standard InChI is InChI=1S/C22H23ClN4O3S/c1-16-20(22(23)25(2)24-16)9-10-21(28)26-11-13-27(14-12-26)31(29,30)19-8-7-17-5-3-4-6-18(17)15-19/h3-10,15H,11-14H2,1-2H3/b10-9+. The molecule has 0 bridgehead atoms. The summed E-state index contributed by atoms with van der Waals surface area (Å²) in [7, 11) is -1.88. The van der Waals surface area contributed by atoms with Gasteiger partial charge in [-0.2, -0.15) is 9.40 Å². The molecule has 0 N–H and O–H groups in total. The third-order valence-corrected chi connectivity index (χ3v) is 7.84. The topological polar surface area (TPSA) is 75.5 Å². The molecule has 2 heterocycles. The van der Waals surface area contributed by atoms with Crippen LogP contribution in [0.2, 0.25) is 5.15 Å². The van der Waals surface area contributed by atoms with E-state index in [0.29, 0.717) is 23.8 Å². The van der Waals surface area contributed by atoms with Crippen LogP contribution < -0.4 is 0 Å². The molecule has 7 nitrogen and oxygen atoms in total. The minimum absolute atomic E-state index is 0.179. The van der Waals surface area contributed by atoms with Gasteiger partial charge in [0, 0.05) is 44.9 Å². The van der Waals surface area contributed by atoms with Crippen LogP contribution in [0.1, 0.15) is 11.3 Å². The molecule has 1 amide bonds. The van der Waals surface area contributed by atoms with Gasteiger partial charge in [-0.05, 0) is 35.9 Å². The zero-order valence-corrected chi connectivity index (χ0v) is 18.9. The largest absolute Gasteiger partial charge is 0.337 e. The fourth-order valence-corrected chi connectivity index (χ4v) is 5.42. The number of carbonyl (C=O) groups excluding carboxylic acids is 1. The SMILES string of the molecule is Cc1nn(C)c(Cl)c1/C=C/C(=O)N1CCN(S(=O)(=O)c2ccc3ccccc3c2)CC1. The van der Waals surface area contributed by atoms with Gasteiger partial charge in [0.1, 0.15) is 5.15 Å². The van der Waals surface area contributed by atoms with Crippen LogP contribution in [0.25, 0.3) is 16.8 Å². The van der Waals surface area contributed by atoms with Crippen LogP contribution in [0, 0.1) is 6.92 Å². The second-order valence-electron chi connectivity index (χ2n) is 7.49. The highest BCUT2D eigenvalue weighted by molar-refractivity contribution is 7.89. The summed E-state index contributed by atoms with van der Waals surface area (Å²) >= 11 is 6.20. The Morgan fingerprint density at radius 2 is 1.74 bits per heavy atom. The highest BCUT2D eigenvalue weighted by atomic mass is 35.5. The van der Waals surface area contributed by atoms with Gasteiger partial charge in [-0.3, -0.25) is 9.48 Å². The Balaban J connectivity index is 1.43. The molecule has 1 aliphatic rings. The van der Waals surface area contributed by atoms with E-state index in [4.69, 9.17) is 11.6 Å². The Bertz CT molecular complexity index is 1280. The first-order valence-electron chi connectivity index (χ1n) is 9.92. The summed E-state index contributed by atoms with van der Waals surface area (Å²) < 4.78 is 29.2. The van der Waals surface area contributed by atoms with Crippen molar-refractivity contribution in [2.24, 2.45) is 7.05 Å². The third-order valence-electron chi connectivity index (χ3n) is 5.50. The van der Waals surface area contributed by atoms with E-state index in [9.17, 15) is 13.2 Å². The van der Waals surface area contributed by atoms with Crippen molar-refractivity contribution in [3.05, 3.63) is 65.0 Å². The van der Waals surface area contributed by atoms with Gasteiger partial charge in [0.15, 0.2) is 0 Å². The fraction of sp³-hybridized carbons (Fsp3) is 0.273. The number of amides is 1. The highest BCUT2D eigenvalue weighted by Crippen LogP contribution is 2.23. The third kappa shape index (κ3) is 4.23. The van der Waals surface area contributed by atoms with Crippen LogP contribution >= 0.6 is 11.6 Å². The minimum atomic E-state index is -3.62. The molecule has 0 radical (unpaired) electrons. The Hall–Kier alpha value is -2.68. The number of piperazine rings is 1. The molecule has 2 aromatic carbocycles. The van der Waals surface area contributed by atoms with E-state index in [1.807, 2.05) is 37.3 Å². The molecule has 1 saturated heterocycles. The molecule has 9 heteroatoms. The lowest BCUT2D eigenvalue weighted by atomic mass is 10.1. The van der Waals surface area contributed by atoms with E-state index in [2.05, 4.69) is 5.10 Å². The lowest BCUT2D eigenvalue weighted by molar-refractivity contribution is -0.127. The molecule has 0 spiro atoms. The predicted molar refractivity (Wildman–Crippen MR) is 121 cm³/mol. The number of nitrogens with zero attached hydrogens (tertiary/aromatic N) is 4. The van der Waals surface area contributed by atoms with Gasteiger partial charge in [0.05, 0.1) is 10.6 Å². The number of aryl methyl sites for hydroxylation is 2. The molecule has 3 aromatic rings. The van der Waals surface area contributed by atoms with Crippen molar-refractivity contribution >= 4 is 44.4 Å². The summed E-state index contributed by atoms with van der Waals surface area (Å²) in [6.45, 7) is 2.99. The first-order valence-corrected chi connectivity index (χ1v) is 11.7. The first-order chi connectivity index (χ1) is 14.8. The Kier molecular flexibility index (Phi) is 5.88. The molecule has 162 valence electrons. The first kappa shape index (κ1) is 21.5. The normalized spacial score (nSPS) is 15.8. The summed E-state index contributed by atoms with van der Waals surface area (Å²) in [5.74, 6) is -0.179. The lowest BCUT2D eigenvalue weighted by Crippen LogP contribution is -2.50. The predicted octanol–water partition coefficient (Wildman–Crippen LogP) is 3.08. The second-order valence-corrected chi connectivity index (χ2v) is 9.78. The van der Waals surface area contributed by atoms with Crippen molar-refractivity contribution < 1.29 is 13.2 Å². The summed E-state index contributed by atoms with van der Waals surface area (Å²) in [5, 5.41) is 6.56. The van der Waals surface area contributed by atoms with Crippen LogP contribution in [-0.2, 0) is 21.9 Å². The maximum Gasteiger partial charge on any atom is 0.246 e. The average molecular weight is 459 g/mol. The maximum atomic E-state index is 13.1. The van der Waals surface area contributed by atoms with Gasteiger partial charge in [0.2, 0.25) is 15.9 Å². The summed E-state index contributed by atoms with van der Waals surface area (Å²) in [5.41, 5.74) is 1.44. The van der Waals surface area contributed by atoms with Crippen molar-refractivity contribution in [1.82, 2.24) is 19.0 Å². The molecule has 1 aromatic heterocycles. The number of hydrogen-bond donors (Lipinski definition) is 0. The van der Waals surface area contributed by atoms with Crippen molar-refractivity contribution in [3.63, 3.8) is 0 Å². The fourth-order valence-electron chi connectivity index (χ4n) is 3.72. The molecule has 0 aliphatic carbocycles. The summed E-state index contributed by atoms with van der Waals surface area (Å²) in [6.07, 6.45) is 3.12. The van der Waals surface area contributed by atoms with E-state index in [1.54, 1.807) is 34.8 Å². The van der Waals surface area contributed by atoms with Crippen molar-refractivity contribution in [2.75, 3.05) is 26.2 Å². The average Bonchev–Trinajstić information content (AvgIpc) is 3.02. The molecule has 0 unspecified atom stereocenters. The summed E-state index contributed by atoms with van der Waals surface area (Å²) in [4.78, 5) is 14.5. The van der Waals surface area contributed by atoms with E-state index in [-0.39, 0.29) is 23.9 Å². The number of rotatable bonds is 4. The van der Waals surface area contributed by atoms with E-state index in [1.165, 1.54) is 10.4 Å². The van der Waals surface area contributed by atoms with Crippen molar-refractivity contribution in [1.29, 1.82) is 0 Å². The Morgan fingerprint density at radius 1 is 1.06 bits per heavy atom. The Morgan fingerprint density at radius 3 is 2.39 bits per heavy atom. The summed E-state index contributed by atoms with van der Waals surface area (Å²) in [6, 6.07) is 12.8. The van der Waals surface area contributed by atoms with Gasteiger partial charge in [0.25, 0.3) is 0 Å². The van der Waals surface area contributed by atoms with E-state index < -0.39 is 10.0 Å². The molecule has 4 rings (SSSR count). The number of aromatic nitrogens is 2. The quantitative estimate of drug-likeness (QED) is 0.563. The number of benzene rings is 2. The van der Waals surface area contributed by atoms with E-state index in [0.717, 1.165) is 16.5 Å². The number of halogens is 1. The zero-order chi connectivity index (χ0) is 22.2. The van der Waals surface area contributed by atoms with Crippen molar-refractivity contribution in [3.8, 4) is 0 Å². The molecular weight excluding hydrogens is 436 g/mol. The number of carbonyl (C=O) groups is 1. The molecule has 0 atom stereocenters. The molecule has 1 fully saturated rings. The zero-order valence-electron chi connectivity index (χ0n) is 17.3. The molecule has 0 saturated carbocycles. The second kappa shape index (κ2) is 8.45. The Labute approximate surface area is 186 Å². The smallest absolute Gasteiger partial charge is 0.246 e. The van der Waals surface area contributed by atoms with Gasteiger partial charge in [-0.15, -0.1) is 0 Å². The van der Waals surface area contributed by atoms with Gasteiger partial charge in [-0.25, -0.2) is 8.42 Å². The van der Waals surface area contributed by atoms with Crippen LogP contribution in [0.4, 0.5) is 0 Å². The highest BCUT2D eigenvalue weighted by Gasteiger charge is 2.29. The van der Waals surface area contributed by atoms with Crippen LogP contribution in [0.15, 0.2) is 53.4 Å². The van der Waals surface area contributed by atoms with Gasteiger partial charge < -0.3 is 4.90 Å². The number of fused-ring (bicyclic) bond motifs is 1. The molecule has 1 aliphatic heterocycles. The van der Waals surface area contributed by atoms with Crippen LogP contribution in [-0.4, -0.2) is 59.5 Å². The monoisotopic (exact) mass is 458 g/mol.